The minimum absolute atomic E-state index is 0.148. The van der Waals surface area contributed by atoms with E-state index in [1.807, 2.05) is 19.2 Å². The molecular weight excluding hydrogens is 479 g/mol. The van der Waals surface area contributed by atoms with Gasteiger partial charge < -0.3 is 19.5 Å². The third-order valence-corrected chi connectivity index (χ3v) is 8.02. The van der Waals surface area contributed by atoms with Crippen molar-refractivity contribution in [3.05, 3.63) is 52.9 Å². The monoisotopic (exact) mass is 506 g/mol. The molecule has 5 heterocycles. The summed E-state index contributed by atoms with van der Waals surface area (Å²) in [6.45, 7) is 4.92. The van der Waals surface area contributed by atoms with Crippen molar-refractivity contribution in [2.24, 2.45) is 0 Å². The average molecular weight is 507 g/mol. The van der Waals surface area contributed by atoms with Crippen LogP contribution in [0.3, 0.4) is 0 Å². The number of imidazole rings is 1. The summed E-state index contributed by atoms with van der Waals surface area (Å²) in [7, 11) is 1.63. The van der Waals surface area contributed by atoms with Gasteiger partial charge in [0.1, 0.15) is 11.6 Å². The lowest BCUT2D eigenvalue weighted by Crippen LogP contribution is -2.43. The summed E-state index contributed by atoms with van der Waals surface area (Å²) in [6.07, 6.45) is 5.31. The molecule has 186 valence electrons. The van der Waals surface area contributed by atoms with Crippen molar-refractivity contribution in [1.29, 1.82) is 0 Å². The van der Waals surface area contributed by atoms with Crippen LogP contribution in [-0.4, -0.2) is 57.3 Å². The van der Waals surface area contributed by atoms with E-state index < -0.39 is 0 Å². The molecule has 2 aliphatic heterocycles. The molecule has 0 atom stereocenters. The summed E-state index contributed by atoms with van der Waals surface area (Å²) in [5.74, 6) is 0.860. The number of rotatable bonds is 3. The quantitative estimate of drug-likeness (QED) is 0.435. The van der Waals surface area contributed by atoms with Gasteiger partial charge in [0.05, 0.1) is 33.5 Å². The molecule has 0 spiro atoms. The number of thiazole rings is 1. The number of pyridine rings is 1. The third kappa shape index (κ3) is 3.94. The summed E-state index contributed by atoms with van der Waals surface area (Å²) < 4.78 is 23.4. The molecule has 3 aromatic heterocycles. The fraction of sp³-hybridized carbons (Fsp3) is 0.385. The minimum atomic E-state index is -0.345. The highest BCUT2D eigenvalue weighted by Crippen LogP contribution is 2.39. The number of urea groups is 1. The molecule has 1 N–H and O–H groups in total. The van der Waals surface area contributed by atoms with Crippen LogP contribution in [0.25, 0.3) is 32.6 Å². The number of aryl methyl sites for hydroxylation is 1. The van der Waals surface area contributed by atoms with Crippen molar-refractivity contribution in [3.63, 3.8) is 0 Å². The number of aromatic nitrogens is 4. The van der Waals surface area contributed by atoms with Gasteiger partial charge in [0.2, 0.25) is 0 Å². The molecule has 0 saturated carbocycles. The second-order valence-corrected chi connectivity index (χ2v) is 10.5. The normalized spacial score (nSPS) is 16.4. The molecule has 0 bridgehead atoms. The number of carbonyl (C=O) groups excluding carboxylic acids is 1. The van der Waals surface area contributed by atoms with Gasteiger partial charge in [-0.15, -0.1) is 11.3 Å². The van der Waals surface area contributed by atoms with Gasteiger partial charge in [-0.1, -0.05) is 6.07 Å². The molecule has 36 heavy (non-hydrogen) atoms. The predicted octanol–water partition coefficient (Wildman–Crippen LogP) is 4.72. The number of carbonyl (C=O) groups is 1. The highest BCUT2D eigenvalue weighted by atomic mass is 32.1. The van der Waals surface area contributed by atoms with E-state index in [0.29, 0.717) is 49.5 Å². The van der Waals surface area contributed by atoms with Crippen molar-refractivity contribution >= 4 is 28.1 Å². The van der Waals surface area contributed by atoms with E-state index in [4.69, 9.17) is 9.72 Å². The van der Waals surface area contributed by atoms with E-state index in [1.54, 1.807) is 35.5 Å². The fourth-order valence-electron chi connectivity index (χ4n) is 5.24. The maximum absolute atomic E-state index is 15.6. The molecule has 1 fully saturated rings. The van der Waals surface area contributed by atoms with Crippen molar-refractivity contribution < 1.29 is 13.9 Å². The molecule has 4 aromatic rings. The van der Waals surface area contributed by atoms with Crippen LogP contribution < -0.4 is 5.32 Å². The Balaban J connectivity index is 1.51. The average Bonchev–Trinajstić information content (AvgIpc) is 3.52. The Morgan fingerprint density at radius 2 is 2.03 bits per heavy atom. The number of benzene rings is 1. The van der Waals surface area contributed by atoms with Gasteiger partial charge >= 0.3 is 6.03 Å². The first-order valence-corrected chi connectivity index (χ1v) is 13.0. The second kappa shape index (κ2) is 9.25. The number of ether oxygens (including phenoxy) is 1. The summed E-state index contributed by atoms with van der Waals surface area (Å²) in [5, 5.41) is 5.27. The van der Waals surface area contributed by atoms with Crippen LogP contribution in [0.1, 0.15) is 35.3 Å². The van der Waals surface area contributed by atoms with Gasteiger partial charge in [-0.05, 0) is 37.3 Å². The maximum Gasteiger partial charge on any atom is 0.317 e. The first kappa shape index (κ1) is 23.1. The van der Waals surface area contributed by atoms with E-state index in [1.165, 1.54) is 6.07 Å². The molecule has 2 amide bonds. The molecule has 1 saturated heterocycles. The molecule has 0 unspecified atom stereocenters. The number of nitrogens with zero attached hydrogens (tertiary/aromatic N) is 5. The smallest absolute Gasteiger partial charge is 0.317 e. The highest BCUT2D eigenvalue weighted by Gasteiger charge is 2.32. The van der Waals surface area contributed by atoms with Gasteiger partial charge in [0.15, 0.2) is 0 Å². The number of fused-ring (bicyclic) bond motifs is 2. The number of amides is 2. The van der Waals surface area contributed by atoms with Crippen molar-refractivity contribution in [1.82, 2.24) is 29.7 Å². The van der Waals surface area contributed by atoms with Gasteiger partial charge in [0, 0.05) is 62.6 Å². The van der Waals surface area contributed by atoms with Crippen LogP contribution in [0.2, 0.25) is 0 Å². The summed E-state index contributed by atoms with van der Waals surface area (Å²) in [4.78, 5) is 29.3. The standard InChI is InChI=1S/C26H27FN6O2S/c1-15-29-13-22(36-15)20-11-17-3-4-19(27)23(18(17)12-30-20)24-21-14-32(26(34)28-2)7-8-33(21)25(31-24)16-5-9-35-10-6-16/h3-4,11-13,16H,5-10,14H2,1-2H3,(H,28,34). The lowest BCUT2D eigenvalue weighted by molar-refractivity contribution is 0.0823. The Labute approximate surface area is 212 Å². The Morgan fingerprint density at radius 3 is 2.78 bits per heavy atom. The molecule has 0 aliphatic carbocycles. The van der Waals surface area contributed by atoms with Gasteiger partial charge in [-0.2, -0.15) is 0 Å². The second-order valence-electron chi connectivity index (χ2n) is 9.24. The van der Waals surface area contributed by atoms with Gasteiger partial charge in [0.25, 0.3) is 0 Å². The molecule has 0 radical (unpaired) electrons. The van der Waals surface area contributed by atoms with Crippen molar-refractivity contribution in [3.8, 4) is 21.8 Å². The number of hydrogen-bond acceptors (Lipinski definition) is 6. The van der Waals surface area contributed by atoms with Crippen molar-refractivity contribution in [2.75, 3.05) is 26.8 Å². The minimum Gasteiger partial charge on any atom is -0.381 e. The Hall–Kier alpha value is -3.37. The van der Waals surface area contributed by atoms with Crippen LogP contribution in [0.4, 0.5) is 9.18 Å². The molecule has 10 heteroatoms. The number of halogens is 1. The predicted molar refractivity (Wildman–Crippen MR) is 136 cm³/mol. The van der Waals surface area contributed by atoms with E-state index in [2.05, 4.69) is 19.9 Å². The van der Waals surface area contributed by atoms with E-state index in [0.717, 1.165) is 45.3 Å². The Kier molecular flexibility index (Phi) is 5.93. The van der Waals surface area contributed by atoms with Gasteiger partial charge in [-0.25, -0.2) is 19.2 Å². The van der Waals surface area contributed by atoms with Crippen molar-refractivity contribution in [2.45, 2.75) is 38.8 Å². The van der Waals surface area contributed by atoms with Gasteiger partial charge in [-0.3, -0.25) is 4.98 Å². The van der Waals surface area contributed by atoms with Crippen LogP contribution in [-0.2, 0) is 17.8 Å². The first-order chi connectivity index (χ1) is 17.5. The zero-order valence-electron chi connectivity index (χ0n) is 20.3. The molecule has 1 aromatic carbocycles. The number of nitrogens with one attached hydrogen (secondary N) is 1. The summed E-state index contributed by atoms with van der Waals surface area (Å²) >= 11 is 1.58. The topological polar surface area (TPSA) is 85.2 Å². The van der Waals surface area contributed by atoms with Crippen LogP contribution in [0, 0.1) is 12.7 Å². The summed E-state index contributed by atoms with van der Waals surface area (Å²) in [5.41, 5.74) is 2.70. The van der Waals surface area contributed by atoms with Crippen LogP contribution in [0.15, 0.2) is 30.6 Å². The highest BCUT2D eigenvalue weighted by molar-refractivity contribution is 7.15. The molecule has 6 rings (SSSR count). The molecular formula is C26H27FN6O2S. The third-order valence-electron chi connectivity index (χ3n) is 7.09. The fourth-order valence-corrected chi connectivity index (χ4v) is 5.99. The zero-order chi connectivity index (χ0) is 24.8. The molecule has 2 aliphatic rings. The lowest BCUT2D eigenvalue weighted by atomic mass is 9.99. The SMILES string of the molecule is CNC(=O)N1CCn2c(C3CCOCC3)nc(-c3c(F)ccc4cc(-c5cnc(C)s5)ncc34)c2C1. The Morgan fingerprint density at radius 1 is 1.19 bits per heavy atom. The number of hydrogen-bond donors (Lipinski definition) is 1. The largest absolute Gasteiger partial charge is 0.381 e. The molecule has 8 nitrogen and oxygen atoms in total. The van der Waals surface area contributed by atoms with E-state index in [-0.39, 0.29) is 17.8 Å². The lowest BCUT2D eigenvalue weighted by Gasteiger charge is -2.30. The van der Waals surface area contributed by atoms with Crippen LogP contribution >= 0.6 is 11.3 Å². The van der Waals surface area contributed by atoms with E-state index >= 15 is 4.39 Å². The summed E-state index contributed by atoms with van der Waals surface area (Å²) in [6, 6.07) is 5.11. The first-order valence-electron chi connectivity index (χ1n) is 12.2. The maximum atomic E-state index is 15.6. The zero-order valence-corrected chi connectivity index (χ0v) is 21.1. The Bertz CT molecular complexity index is 1460. The van der Waals surface area contributed by atoms with E-state index in [9.17, 15) is 4.79 Å². The van der Waals surface area contributed by atoms with Crippen LogP contribution in [0.5, 0.6) is 0 Å².